The number of nitro groups is 1. The lowest BCUT2D eigenvalue weighted by Gasteiger charge is -2.12. The molecule has 5 heteroatoms. The lowest BCUT2D eigenvalue weighted by molar-refractivity contribution is -0.384. The Morgan fingerprint density at radius 1 is 1.00 bits per heavy atom. The summed E-state index contributed by atoms with van der Waals surface area (Å²) in [5.41, 5.74) is 5.16. The van der Waals surface area contributed by atoms with Crippen molar-refractivity contribution in [2.75, 3.05) is 6.61 Å². The van der Waals surface area contributed by atoms with Crippen molar-refractivity contribution in [2.45, 2.75) is 12.8 Å². The molecule has 4 nitrogen and oxygen atoms in total. The van der Waals surface area contributed by atoms with Crippen LogP contribution in [0.2, 0.25) is 0 Å². The van der Waals surface area contributed by atoms with Crippen molar-refractivity contribution < 1.29 is 14.1 Å². The van der Waals surface area contributed by atoms with Gasteiger partial charge in [0.15, 0.2) is 0 Å². The van der Waals surface area contributed by atoms with Gasteiger partial charge in [-0.3, -0.25) is 10.1 Å². The number of ether oxygens (including phenoxy) is 1. The Morgan fingerprint density at radius 2 is 1.73 bits per heavy atom. The Morgan fingerprint density at radius 3 is 2.42 bits per heavy atom. The quantitative estimate of drug-likeness (QED) is 0.496. The van der Waals surface area contributed by atoms with Crippen molar-refractivity contribution in [3.8, 4) is 16.9 Å². The standard InChI is InChI=1S/C21H16FNO3/c22-18-5-1-14(2-6-18)11-15-12-17-9-10-26-21(17)20(13-15)16-3-7-19(8-4-16)23(24)25/h1-8,12-13H,9-11H2. The highest BCUT2D eigenvalue weighted by Gasteiger charge is 2.19. The zero-order valence-electron chi connectivity index (χ0n) is 13.9. The van der Waals surface area contributed by atoms with Gasteiger partial charge in [0.25, 0.3) is 5.69 Å². The van der Waals surface area contributed by atoms with Crippen LogP contribution in [0, 0.1) is 15.9 Å². The molecule has 130 valence electrons. The summed E-state index contributed by atoms with van der Waals surface area (Å²) in [7, 11) is 0. The molecule has 0 N–H and O–H groups in total. The number of fused-ring (bicyclic) bond motifs is 1. The maximum atomic E-state index is 13.1. The van der Waals surface area contributed by atoms with Crippen LogP contribution in [-0.2, 0) is 12.8 Å². The predicted molar refractivity (Wildman–Crippen MR) is 96.9 cm³/mol. The maximum absolute atomic E-state index is 13.1. The van der Waals surface area contributed by atoms with Gasteiger partial charge < -0.3 is 4.74 Å². The molecule has 0 saturated carbocycles. The van der Waals surface area contributed by atoms with Gasteiger partial charge in [0.2, 0.25) is 0 Å². The third-order valence-corrected chi connectivity index (χ3v) is 4.55. The second-order valence-corrected chi connectivity index (χ2v) is 6.34. The Labute approximate surface area is 150 Å². The number of non-ortho nitro benzene ring substituents is 1. The average molecular weight is 349 g/mol. The van der Waals surface area contributed by atoms with Gasteiger partial charge >= 0.3 is 0 Å². The second kappa shape index (κ2) is 6.59. The van der Waals surface area contributed by atoms with Gasteiger partial charge in [0.05, 0.1) is 11.5 Å². The van der Waals surface area contributed by atoms with E-state index in [-0.39, 0.29) is 11.5 Å². The molecule has 0 unspecified atom stereocenters. The summed E-state index contributed by atoms with van der Waals surface area (Å²) in [5.74, 6) is 0.601. The van der Waals surface area contributed by atoms with E-state index in [1.807, 2.05) is 0 Å². The molecule has 0 fully saturated rings. The summed E-state index contributed by atoms with van der Waals surface area (Å²) in [4.78, 5) is 10.5. The predicted octanol–water partition coefficient (Wildman–Crippen LogP) is 4.93. The van der Waals surface area contributed by atoms with Gasteiger partial charge in [0, 0.05) is 24.1 Å². The van der Waals surface area contributed by atoms with Gasteiger partial charge in [0.1, 0.15) is 11.6 Å². The first kappa shape index (κ1) is 16.3. The minimum atomic E-state index is -0.407. The Bertz CT molecular complexity index is 966. The van der Waals surface area contributed by atoms with Crippen LogP contribution < -0.4 is 4.74 Å². The van der Waals surface area contributed by atoms with E-state index in [1.54, 1.807) is 24.3 Å². The highest BCUT2D eigenvalue weighted by molar-refractivity contribution is 5.74. The number of rotatable bonds is 4. The summed E-state index contributed by atoms with van der Waals surface area (Å²) in [6, 6.07) is 17.2. The molecule has 1 heterocycles. The van der Waals surface area contributed by atoms with E-state index in [0.29, 0.717) is 13.0 Å². The van der Waals surface area contributed by atoms with Crippen LogP contribution in [0.4, 0.5) is 10.1 Å². The highest BCUT2D eigenvalue weighted by Crippen LogP contribution is 2.39. The molecule has 0 aromatic heterocycles. The third-order valence-electron chi connectivity index (χ3n) is 4.55. The molecule has 4 rings (SSSR count). The van der Waals surface area contributed by atoms with E-state index in [0.717, 1.165) is 40.0 Å². The smallest absolute Gasteiger partial charge is 0.269 e. The van der Waals surface area contributed by atoms with E-state index < -0.39 is 4.92 Å². The number of nitrogens with zero attached hydrogens (tertiary/aromatic N) is 1. The molecule has 0 bridgehead atoms. The first-order valence-electron chi connectivity index (χ1n) is 8.38. The minimum Gasteiger partial charge on any atom is -0.492 e. The van der Waals surface area contributed by atoms with Crippen molar-refractivity contribution in [2.24, 2.45) is 0 Å². The van der Waals surface area contributed by atoms with Gasteiger partial charge in [-0.15, -0.1) is 0 Å². The molecule has 1 aliphatic heterocycles. The number of hydrogen-bond donors (Lipinski definition) is 0. The molecule has 26 heavy (non-hydrogen) atoms. The van der Waals surface area contributed by atoms with Gasteiger partial charge in [-0.1, -0.05) is 18.2 Å². The van der Waals surface area contributed by atoms with Crippen molar-refractivity contribution in [1.29, 1.82) is 0 Å². The number of benzene rings is 3. The van der Waals surface area contributed by atoms with E-state index in [1.165, 1.54) is 24.3 Å². The monoisotopic (exact) mass is 349 g/mol. The van der Waals surface area contributed by atoms with Crippen molar-refractivity contribution in [3.63, 3.8) is 0 Å². The Hall–Kier alpha value is -3.21. The highest BCUT2D eigenvalue weighted by atomic mass is 19.1. The third kappa shape index (κ3) is 3.16. The largest absolute Gasteiger partial charge is 0.492 e. The van der Waals surface area contributed by atoms with Gasteiger partial charge in [-0.25, -0.2) is 4.39 Å². The molecule has 0 atom stereocenters. The van der Waals surface area contributed by atoms with Crippen LogP contribution in [0.15, 0.2) is 60.7 Å². The Balaban J connectivity index is 1.73. The summed E-state index contributed by atoms with van der Waals surface area (Å²) >= 11 is 0. The molecule has 0 saturated heterocycles. The molecule has 0 spiro atoms. The maximum Gasteiger partial charge on any atom is 0.269 e. The molecule has 0 radical (unpaired) electrons. The first-order valence-corrected chi connectivity index (χ1v) is 8.38. The minimum absolute atomic E-state index is 0.0637. The summed E-state index contributed by atoms with van der Waals surface area (Å²) in [5, 5.41) is 10.9. The second-order valence-electron chi connectivity index (χ2n) is 6.34. The average Bonchev–Trinajstić information content (AvgIpc) is 3.11. The van der Waals surface area contributed by atoms with Crippen LogP contribution in [0.3, 0.4) is 0 Å². The van der Waals surface area contributed by atoms with Crippen molar-refractivity contribution >= 4 is 5.69 Å². The van der Waals surface area contributed by atoms with E-state index in [4.69, 9.17) is 4.74 Å². The van der Waals surface area contributed by atoms with Crippen LogP contribution in [0.1, 0.15) is 16.7 Å². The normalized spacial score (nSPS) is 12.5. The topological polar surface area (TPSA) is 52.4 Å². The van der Waals surface area contributed by atoms with Crippen LogP contribution in [0.25, 0.3) is 11.1 Å². The number of hydrogen-bond acceptors (Lipinski definition) is 3. The SMILES string of the molecule is O=[N+]([O-])c1ccc(-c2cc(Cc3ccc(F)cc3)cc3c2OCC3)cc1. The van der Waals surface area contributed by atoms with Crippen molar-refractivity contribution in [3.05, 3.63) is 93.3 Å². The molecule has 0 amide bonds. The lowest BCUT2D eigenvalue weighted by Crippen LogP contribution is -1.94. The summed E-state index contributed by atoms with van der Waals surface area (Å²) in [6.45, 7) is 0.634. The fourth-order valence-corrected chi connectivity index (χ4v) is 3.29. The summed E-state index contributed by atoms with van der Waals surface area (Å²) < 4.78 is 18.9. The van der Waals surface area contributed by atoms with E-state index in [2.05, 4.69) is 12.1 Å². The number of halogens is 1. The lowest BCUT2D eigenvalue weighted by atomic mass is 9.95. The zero-order chi connectivity index (χ0) is 18.1. The molecule has 0 aliphatic carbocycles. The fourth-order valence-electron chi connectivity index (χ4n) is 3.29. The summed E-state index contributed by atoms with van der Waals surface area (Å²) in [6.07, 6.45) is 1.53. The van der Waals surface area contributed by atoms with Crippen molar-refractivity contribution in [1.82, 2.24) is 0 Å². The number of nitro benzene ring substituents is 1. The zero-order valence-corrected chi connectivity index (χ0v) is 13.9. The van der Waals surface area contributed by atoms with E-state index >= 15 is 0 Å². The van der Waals surface area contributed by atoms with Crippen LogP contribution >= 0.6 is 0 Å². The molecular weight excluding hydrogens is 333 g/mol. The van der Waals surface area contributed by atoms with E-state index in [9.17, 15) is 14.5 Å². The Kier molecular flexibility index (Phi) is 4.13. The van der Waals surface area contributed by atoms with Crippen LogP contribution in [0.5, 0.6) is 5.75 Å². The molecule has 3 aromatic rings. The molecular formula is C21H16FNO3. The fraction of sp³-hybridized carbons (Fsp3) is 0.143. The first-order chi connectivity index (χ1) is 12.6. The molecule has 3 aromatic carbocycles. The van der Waals surface area contributed by atoms with Crippen LogP contribution in [-0.4, -0.2) is 11.5 Å². The van der Waals surface area contributed by atoms with Gasteiger partial charge in [-0.05, 0) is 59.0 Å². The molecule has 1 aliphatic rings. The van der Waals surface area contributed by atoms with Gasteiger partial charge in [-0.2, -0.15) is 0 Å².